The molecule has 1 heterocycles. The zero-order valence-corrected chi connectivity index (χ0v) is 19.3. The lowest BCUT2D eigenvalue weighted by Gasteiger charge is -2.24. The predicted molar refractivity (Wildman–Crippen MR) is 124 cm³/mol. The second-order valence-corrected chi connectivity index (χ2v) is 9.79. The standard InChI is InChI=1S/C23H25N3O7S/c1-2-3-13-26(22(28)20-24-17-11-7-8-12-19(17)33-20)21(27)18(25-23(29)30)15-34(31,32)14-16-9-5-4-6-10-16/h4-12,18,25H,2-3,13-15H2,1H3,(H,29,30). The summed E-state index contributed by atoms with van der Waals surface area (Å²) in [4.78, 5) is 42.7. The van der Waals surface area contributed by atoms with Crippen molar-refractivity contribution in [2.24, 2.45) is 0 Å². The Morgan fingerprint density at radius 1 is 1.09 bits per heavy atom. The summed E-state index contributed by atoms with van der Waals surface area (Å²) in [6.07, 6.45) is -0.527. The molecular weight excluding hydrogens is 462 g/mol. The number of benzene rings is 2. The largest absolute Gasteiger partial charge is 0.465 e. The molecule has 1 unspecified atom stereocenters. The number of fused-ring (bicyclic) bond motifs is 1. The zero-order chi connectivity index (χ0) is 24.7. The normalized spacial score (nSPS) is 12.3. The van der Waals surface area contributed by atoms with E-state index in [1.165, 1.54) is 0 Å². The van der Waals surface area contributed by atoms with Crippen LogP contribution in [0.2, 0.25) is 0 Å². The quantitative estimate of drug-likeness (QED) is 0.444. The first kappa shape index (κ1) is 24.9. The number of amides is 3. The van der Waals surface area contributed by atoms with Gasteiger partial charge in [0.2, 0.25) is 0 Å². The Morgan fingerprint density at radius 3 is 2.41 bits per heavy atom. The monoisotopic (exact) mass is 487 g/mol. The van der Waals surface area contributed by atoms with Crippen LogP contribution in [0.1, 0.15) is 36.0 Å². The first-order chi connectivity index (χ1) is 16.2. The summed E-state index contributed by atoms with van der Waals surface area (Å²) < 4.78 is 31.0. The highest BCUT2D eigenvalue weighted by Crippen LogP contribution is 2.17. The molecule has 180 valence electrons. The summed E-state index contributed by atoms with van der Waals surface area (Å²) in [5.41, 5.74) is 1.26. The van der Waals surface area contributed by atoms with Crippen LogP contribution in [-0.4, -0.2) is 59.7 Å². The fourth-order valence-electron chi connectivity index (χ4n) is 3.36. The van der Waals surface area contributed by atoms with Gasteiger partial charge in [0.25, 0.3) is 11.8 Å². The molecule has 1 atom stereocenters. The number of carbonyl (C=O) groups is 3. The molecule has 0 aliphatic heterocycles. The molecule has 0 spiro atoms. The number of hydrogen-bond acceptors (Lipinski definition) is 7. The van der Waals surface area contributed by atoms with Crippen molar-refractivity contribution in [3.05, 3.63) is 66.1 Å². The maximum atomic E-state index is 13.3. The van der Waals surface area contributed by atoms with E-state index < -0.39 is 39.5 Å². The molecule has 3 aromatic rings. The molecule has 0 aliphatic carbocycles. The zero-order valence-electron chi connectivity index (χ0n) is 18.5. The van der Waals surface area contributed by atoms with E-state index in [9.17, 15) is 27.9 Å². The molecule has 3 amide bonds. The molecule has 0 aliphatic rings. The van der Waals surface area contributed by atoms with Crippen molar-refractivity contribution in [2.45, 2.75) is 31.6 Å². The third kappa shape index (κ3) is 6.41. The number of hydrogen-bond donors (Lipinski definition) is 2. The van der Waals surface area contributed by atoms with Gasteiger partial charge in [-0.3, -0.25) is 14.5 Å². The van der Waals surface area contributed by atoms with Crippen molar-refractivity contribution in [1.82, 2.24) is 15.2 Å². The Hall–Kier alpha value is -3.73. The van der Waals surface area contributed by atoms with Crippen LogP contribution in [0.5, 0.6) is 0 Å². The van der Waals surface area contributed by atoms with E-state index >= 15 is 0 Å². The van der Waals surface area contributed by atoms with E-state index in [0.717, 1.165) is 4.90 Å². The highest BCUT2D eigenvalue weighted by atomic mass is 32.2. The van der Waals surface area contributed by atoms with Crippen LogP contribution in [0.25, 0.3) is 11.1 Å². The number of oxazole rings is 1. The fraction of sp³-hybridized carbons (Fsp3) is 0.304. The van der Waals surface area contributed by atoms with Gasteiger partial charge in [-0.15, -0.1) is 0 Å². The number of carbonyl (C=O) groups excluding carboxylic acids is 2. The molecule has 0 fully saturated rings. The van der Waals surface area contributed by atoms with Crippen LogP contribution < -0.4 is 5.32 Å². The number of nitrogens with zero attached hydrogens (tertiary/aromatic N) is 2. The van der Waals surface area contributed by atoms with Crippen molar-refractivity contribution >= 4 is 38.8 Å². The summed E-state index contributed by atoms with van der Waals surface area (Å²) in [6, 6.07) is 13.3. The van der Waals surface area contributed by atoms with Crippen molar-refractivity contribution in [1.29, 1.82) is 0 Å². The van der Waals surface area contributed by atoms with Gasteiger partial charge >= 0.3 is 12.0 Å². The number of sulfone groups is 1. The lowest BCUT2D eigenvalue weighted by Crippen LogP contribution is -2.53. The maximum Gasteiger partial charge on any atom is 0.405 e. The van der Waals surface area contributed by atoms with Crippen LogP contribution in [-0.2, 0) is 20.4 Å². The lowest BCUT2D eigenvalue weighted by atomic mass is 10.2. The van der Waals surface area contributed by atoms with Crippen molar-refractivity contribution in [3.8, 4) is 0 Å². The highest BCUT2D eigenvalue weighted by Gasteiger charge is 2.35. The molecule has 10 nitrogen and oxygen atoms in total. The fourth-order valence-corrected chi connectivity index (χ4v) is 4.91. The smallest absolute Gasteiger partial charge is 0.405 e. The lowest BCUT2D eigenvalue weighted by molar-refractivity contribution is -0.130. The molecule has 1 aromatic heterocycles. The number of imide groups is 1. The third-order valence-corrected chi connectivity index (χ3v) is 6.58. The van der Waals surface area contributed by atoms with Crippen LogP contribution >= 0.6 is 0 Å². The van der Waals surface area contributed by atoms with Crippen LogP contribution in [0, 0.1) is 0 Å². The molecular formula is C23H25N3O7S. The second-order valence-electron chi connectivity index (χ2n) is 7.68. The Kier molecular flexibility index (Phi) is 8.00. The molecule has 2 N–H and O–H groups in total. The number of aromatic nitrogens is 1. The molecule has 2 aromatic carbocycles. The average molecular weight is 488 g/mol. The Labute approximate surface area is 196 Å². The number of carboxylic acid groups (broad SMARTS) is 1. The van der Waals surface area contributed by atoms with E-state index in [0.29, 0.717) is 29.5 Å². The van der Waals surface area contributed by atoms with Crippen LogP contribution in [0.15, 0.2) is 59.0 Å². The van der Waals surface area contributed by atoms with Crippen LogP contribution in [0.3, 0.4) is 0 Å². The maximum absolute atomic E-state index is 13.3. The summed E-state index contributed by atoms with van der Waals surface area (Å²) in [5.74, 6) is -3.39. The van der Waals surface area contributed by atoms with E-state index in [4.69, 9.17) is 4.42 Å². The van der Waals surface area contributed by atoms with Gasteiger partial charge in [0, 0.05) is 6.54 Å². The van der Waals surface area contributed by atoms with Gasteiger partial charge in [-0.25, -0.2) is 18.2 Å². The first-order valence-electron chi connectivity index (χ1n) is 10.6. The van der Waals surface area contributed by atoms with E-state index in [-0.39, 0.29) is 18.2 Å². The number of para-hydroxylation sites is 2. The minimum atomic E-state index is -3.91. The van der Waals surface area contributed by atoms with E-state index in [1.54, 1.807) is 54.6 Å². The third-order valence-electron chi connectivity index (χ3n) is 4.97. The van der Waals surface area contributed by atoms with Gasteiger partial charge in [0.05, 0.1) is 11.5 Å². The number of unbranched alkanes of at least 4 members (excludes halogenated alkanes) is 1. The van der Waals surface area contributed by atoms with Gasteiger partial charge in [-0.05, 0) is 24.1 Å². The Morgan fingerprint density at radius 2 is 1.76 bits per heavy atom. The van der Waals surface area contributed by atoms with Gasteiger partial charge in [0.15, 0.2) is 15.4 Å². The predicted octanol–water partition coefficient (Wildman–Crippen LogP) is 2.85. The molecule has 0 saturated heterocycles. The highest BCUT2D eigenvalue weighted by molar-refractivity contribution is 7.90. The summed E-state index contributed by atoms with van der Waals surface area (Å²) in [7, 11) is -3.91. The van der Waals surface area contributed by atoms with Gasteiger partial charge < -0.3 is 14.8 Å². The second kappa shape index (κ2) is 10.9. The van der Waals surface area contributed by atoms with E-state index in [2.05, 4.69) is 4.98 Å². The average Bonchev–Trinajstić information content (AvgIpc) is 3.23. The van der Waals surface area contributed by atoms with Crippen molar-refractivity contribution in [3.63, 3.8) is 0 Å². The molecule has 34 heavy (non-hydrogen) atoms. The van der Waals surface area contributed by atoms with Gasteiger partial charge in [-0.2, -0.15) is 0 Å². The summed E-state index contributed by atoms with van der Waals surface area (Å²) in [5, 5.41) is 11.2. The minimum Gasteiger partial charge on any atom is -0.465 e. The molecule has 0 radical (unpaired) electrons. The summed E-state index contributed by atoms with van der Waals surface area (Å²) in [6.45, 7) is 1.80. The molecule has 11 heteroatoms. The topological polar surface area (TPSA) is 147 Å². The van der Waals surface area contributed by atoms with Crippen LogP contribution in [0.4, 0.5) is 4.79 Å². The minimum absolute atomic E-state index is 0.0522. The number of nitrogens with one attached hydrogen (secondary N) is 1. The Balaban J connectivity index is 1.88. The van der Waals surface area contributed by atoms with Gasteiger partial charge in [-0.1, -0.05) is 55.8 Å². The molecule has 0 saturated carbocycles. The molecule has 0 bridgehead atoms. The first-order valence-corrected chi connectivity index (χ1v) is 12.5. The van der Waals surface area contributed by atoms with Crippen molar-refractivity contribution in [2.75, 3.05) is 12.3 Å². The number of rotatable bonds is 10. The SMILES string of the molecule is CCCCN(C(=O)c1nc2ccccc2o1)C(=O)C(CS(=O)(=O)Cc1ccccc1)NC(=O)O. The van der Waals surface area contributed by atoms with Crippen molar-refractivity contribution < 1.29 is 32.3 Å². The van der Waals surface area contributed by atoms with E-state index in [1.807, 2.05) is 12.2 Å². The summed E-state index contributed by atoms with van der Waals surface area (Å²) >= 11 is 0. The Bertz CT molecular complexity index is 1240. The molecule has 3 rings (SSSR count). The van der Waals surface area contributed by atoms with Gasteiger partial charge in [0.1, 0.15) is 11.6 Å².